The summed E-state index contributed by atoms with van der Waals surface area (Å²) in [4.78, 5) is 10.6. The number of nitrogens with one attached hydrogen (secondary N) is 1. The Hall–Kier alpha value is -0.850. The molecule has 1 rings (SSSR count). The first-order valence-corrected chi connectivity index (χ1v) is 6.97. The van der Waals surface area contributed by atoms with Crippen molar-refractivity contribution in [3.05, 3.63) is 31.9 Å². The minimum absolute atomic E-state index is 0.142. The van der Waals surface area contributed by atoms with Gasteiger partial charge in [-0.1, -0.05) is 27.7 Å². The minimum atomic E-state index is -0.341. The van der Waals surface area contributed by atoms with Crippen LogP contribution in [0.5, 0.6) is 0 Å². The monoisotopic (exact) mass is 362 g/mol. The van der Waals surface area contributed by atoms with Gasteiger partial charge in [0.1, 0.15) is 5.69 Å². The maximum atomic E-state index is 11.0. The maximum Gasteiger partial charge on any atom is 0.293 e. The van der Waals surface area contributed by atoms with E-state index >= 15 is 0 Å². The summed E-state index contributed by atoms with van der Waals surface area (Å²) in [5.74, 6) is 0.427. The Morgan fingerprint density at radius 2 is 2.06 bits per heavy atom. The van der Waals surface area contributed by atoms with Crippen molar-refractivity contribution in [1.29, 1.82) is 0 Å². The largest absolute Gasteiger partial charge is 0.379 e. The topological polar surface area (TPSA) is 55.2 Å². The van der Waals surface area contributed by atoms with E-state index in [-0.39, 0.29) is 16.0 Å². The van der Waals surface area contributed by atoms with E-state index < -0.39 is 0 Å². The molecule has 0 heterocycles. The molecule has 1 aromatic carbocycles. The van der Waals surface area contributed by atoms with Gasteiger partial charge < -0.3 is 5.32 Å². The molecule has 1 atom stereocenters. The Morgan fingerprint density at radius 3 is 2.56 bits per heavy atom. The van der Waals surface area contributed by atoms with Gasteiger partial charge in [0.05, 0.1) is 4.92 Å². The number of nitrogens with zero attached hydrogens (tertiary/aromatic N) is 1. The van der Waals surface area contributed by atoms with E-state index in [1.807, 2.05) is 6.07 Å². The summed E-state index contributed by atoms with van der Waals surface area (Å²) >= 11 is 2.08. The molecule has 0 aromatic heterocycles. The Morgan fingerprint density at radius 1 is 1.44 bits per heavy atom. The zero-order chi connectivity index (χ0) is 13.9. The Bertz CT molecular complexity index is 441. The van der Waals surface area contributed by atoms with Crippen molar-refractivity contribution in [2.24, 2.45) is 11.3 Å². The highest BCUT2D eigenvalue weighted by molar-refractivity contribution is 14.1. The molecule has 5 heteroatoms. The van der Waals surface area contributed by atoms with E-state index in [0.717, 1.165) is 10.1 Å². The van der Waals surface area contributed by atoms with Crippen LogP contribution >= 0.6 is 22.6 Å². The smallest absolute Gasteiger partial charge is 0.293 e. The van der Waals surface area contributed by atoms with Gasteiger partial charge in [-0.15, -0.1) is 0 Å². The van der Waals surface area contributed by atoms with Crippen LogP contribution in [0.15, 0.2) is 18.2 Å². The fraction of sp³-hybridized carbons (Fsp3) is 0.538. The third kappa shape index (κ3) is 4.12. The molecule has 100 valence electrons. The molecule has 0 amide bonds. The molecule has 0 bridgehead atoms. The van der Waals surface area contributed by atoms with Gasteiger partial charge in [0, 0.05) is 16.2 Å². The number of nitro groups is 1. The van der Waals surface area contributed by atoms with Crippen LogP contribution in [0.1, 0.15) is 27.7 Å². The molecule has 0 aliphatic rings. The van der Waals surface area contributed by atoms with Crippen molar-refractivity contribution >= 4 is 34.0 Å². The van der Waals surface area contributed by atoms with E-state index in [0.29, 0.717) is 11.6 Å². The summed E-state index contributed by atoms with van der Waals surface area (Å²) < 4.78 is 0.869. The summed E-state index contributed by atoms with van der Waals surface area (Å²) in [6.45, 7) is 9.38. The van der Waals surface area contributed by atoms with Gasteiger partial charge in [-0.2, -0.15) is 0 Å². The fourth-order valence-electron chi connectivity index (χ4n) is 1.37. The Balaban J connectivity index is 2.82. The Kier molecular flexibility index (Phi) is 4.95. The number of benzene rings is 1. The van der Waals surface area contributed by atoms with Gasteiger partial charge in [-0.05, 0) is 46.1 Å². The molecule has 0 saturated carbocycles. The highest BCUT2D eigenvalue weighted by Crippen LogP contribution is 2.29. The van der Waals surface area contributed by atoms with E-state index in [2.05, 4.69) is 55.6 Å². The molecular weight excluding hydrogens is 343 g/mol. The van der Waals surface area contributed by atoms with Crippen LogP contribution < -0.4 is 5.32 Å². The van der Waals surface area contributed by atoms with Gasteiger partial charge in [0.15, 0.2) is 0 Å². The second-order valence-electron chi connectivity index (χ2n) is 5.57. The van der Waals surface area contributed by atoms with Crippen molar-refractivity contribution < 1.29 is 4.92 Å². The lowest BCUT2D eigenvalue weighted by Gasteiger charge is -2.27. The van der Waals surface area contributed by atoms with Crippen LogP contribution in [0.2, 0.25) is 0 Å². The van der Waals surface area contributed by atoms with Crippen molar-refractivity contribution in [2.45, 2.75) is 27.7 Å². The molecule has 18 heavy (non-hydrogen) atoms. The highest BCUT2D eigenvalue weighted by atomic mass is 127. The third-order valence-corrected chi connectivity index (χ3v) is 3.90. The van der Waals surface area contributed by atoms with Gasteiger partial charge >= 0.3 is 0 Å². The first-order valence-electron chi connectivity index (χ1n) is 5.89. The fourth-order valence-corrected chi connectivity index (χ4v) is 1.85. The molecule has 0 spiro atoms. The standard InChI is InChI=1S/C13H19IN2O2/c1-9(13(2,3)4)8-15-11-6-5-10(14)7-12(11)16(17)18/h5-7,9,15H,8H2,1-4H3. The maximum absolute atomic E-state index is 11.0. The van der Waals surface area contributed by atoms with Crippen LogP contribution in [0.4, 0.5) is 11.4 Å². The van der Waals surface area contributed by atoms with E-state index in [1.54, 1.807) is 12.1 Å². The normalized spacial score (nSPS) is 13.2. The molecule has 1 aromatic rings. The average molecular weight is 362 g/mol. The summed E-state index contributed by atoms with van der Waals surface area (Å²) in [6, 6.07) is 5.23. The van der Waals surface area contributed by atoms with E-state index in [4.69, 9.17) is 0 Å². The number of halogens is 1. The SMILES string of the molecule is CC(CNc1ccc(I)cc1[N+](=O)[O-])C(C)(C)C. The number of hydrogen-bond acceptors (Lipinski definition) is 3. The summed E-state index contributed by atoms with van der Waals surface area (Å²) in [6.07, 6.45) is 0. The van der Waals surface area contributed by atoms with Crippen LogP contribution in [0, 0.1) is 25.0 Å². The zero-order valence-electron chi connectivity index (χ0n) is 11.2. The number of anilines is 1. The average Bonchev–Trinajstić information content (AvgIpc) is 2.25. The predicted octanol–water partition coefficient (Wildman–Crippen LogP) is 4.29. The lowest BCUT2D eigenvalue weighted by Crippen LogP contribution is -2.25. The minimum Gasteiger partial charge on any atom is -0.379 e. The predicted molar refractivity (Wildman–Crippen MR) is 82.9 cm³/mol. The molecule has 0 saturated heterocycles. The molecule has 0 radical (unpaired) electrons. The molecule has 4 nitrogen and oxygen atoms in total. The first-order chi connectivity index (χ1) is 8.21. The molecule has 0 aliphatic heterocycles. The lowest BCUT2D eigenvalue weighted by atomic mass is 9.82. The van der Waals surface area contributed by atoms with E-state index in [1.165, 1.54) is 0 Å². The number of rotatable bonds is 4. The van der Waals surface area contributed by atoms with Crippen LogP contribution in [0.25, 0.3) is 0 Å². The van der Waals surface area contributed by atoms with E-state index in [9.17, 15) is 10.1 Å². The lowest BCUT2D eigenvalue weighted by molar-refractivity contribution is -0.384. The number of nitro benzene ring substituents is 1. The van der Waals surface area contributed by atoms with Crippen molar-refractivity contribution in [2.75, 3.05) is 11.9 Å². The van der Waals surface area contributed by atoms with Gasteiger partial charge in [0.2, 0.25) is 0 Å². The summed E-state index contributed by atoms with van der Waals surface area (Å²) in [7, 11) is 0. The van der Waals surface area contributed by atoms with Crippen molar-refractivity contribution in [3.8, 4) is 0 Å². The van der Waals surface area contributed by atoms with Crippen molar-refractivity contribution in [1.82, 2.24) is 0 Å². The third-order valence-electron chi connectivity index (χ3n) is 3.23. The molecular formula is C13H19IN2O2. The Labute approximate surface area is 121 Å². The highest BCUT2D eigenvalue weighted by Gasteiger charge is 2.21. The molecule has 1 N–H and O–H groups in total. The quantitative estimate of drug-likeness (QED) is 0.494. The molecule has 1 unspecified atom stereocenters. The molecule has 0 fully saturated rings. The second kappa shape index (κ2) is 5.86. The van der Waals surface area contributed by atoms with Crippen LogP contribution in [-0.2, 0) is 0 Å². The van der Waals surface area contributed by atoms with Crippen molar-refractivity contribution in [3.63, 3.8) is 0 Å². The number of hydrogen-bond donors (Lipinski definition) is 1. The van der Waals surface area contributed by atoms with Gasteiger partial charge in [-0.3, -0.25) is 10.1 Å². The van der Waals surface area contributed by atoms with Crippen LogP contribution in [-0.4, -0.2) is 11.5 Å². The zero-order valence-corrected chi connectivity index (χ0v) is 13.3. The second-order valence-corrected chi connectivity index (χ2v) is 6.81. The summed E-state index contributed by atoms with van der Waals surface area (Å²) in [5, 5.41) is 14.2. The van der Waals surface area contributed by atoms with Gasteiger partial charge in [0.25, 0.3) is 5.69 Å². The first kappa shape index (κ1) is 15.2. The van der Waals surface area contributed by atoms with Crippen LogP contribution in [0.3, 0.4) is 0 Å². The van der Waals surface area contributed by atoms with Gasteiger partial charge in [-0.25, -0.2) is 0 Å². The molecule has 0 aliphatic carbocycles. The summed E-state index contributed by atoms with van der Waals surface area (Å²) in [5.41, 5.74) is 0.921.